The van der Waals surface area contributed by atoms with Crippen LogP contribution in [0.2, 0.25) is 0 Å². The summed E-state index contributed by atoms with van der Waals surface area (Å²) in [5.74, 6) is 1.24. The van der Waals surface area contributed by atoms with Gasteiger partial charge in [0, 0.05) is 20.0 Å². The van der Waals surface area contributed by atoms with Crippen LogP contribution in [-0.4, -0.2) is 67.6 Å². The summed E-state index contributed by atoms with van der Waals surface area (Å²) in [7, 11) is 0. The van der Waals surface area contributed by atoms with Gasteiger partial charge in [0.2, 0.25) is 5.91 Å². The molecule has 6 nitrogen and oxygen atoms in total. The lowest BCUT2D eigenvalue weighted by atomic mass is 9.70. The number of ether oxygens (including phenoxy) is 2. The van der Waals surface area contributed by atoms with E-state index in [-0.39, 0.29) is 18.5 Å². The number of carbonyl (C=O) groups is 2. The summed E-state index contributed by atoms with van der Waals surface area (Å²) in [6.45, 7) is 6.50. The van der Waals surface area contributed by atoms with Crippen molar-refractivity contribution in [1.82, 2.24) is 9.80 Å². The normalized spacial score (nSPS) is 16.5. The summed E-state index contributed by atoms with van der Waals surface area (Å²) in [5.41, 5.74) is 2.68. The molecular weight excluding hydrogens is 512 g/mol. The van der Waals surface area contributed by atoms with Gasteiger partial charge in [0.05, 0.1) is 0 Å². The van der Waals surface area contributed by atoms with E-state index < -0.39 is 5.41 Å². The average Bonchev–Trinajstić information content (AvgIpc) is 3.56. The van der Waals surface area contributed by atoms with Gasteiger partial charge in [-0.05, 0) is 80.4 Å². The zero-order valence-corrected chi connectivity index (χ0v) is 24.2. The molecule has 2 aliphatic rings. The summed E-state index contributed by atoms with van der Waals surface area (Å²) in [6, 6.07) is 29.0. The van der Waals surface area contributed by atoms with Crippen LogP contribution in [0.4, 0.5) is 0 Å². The van der Waals surface area contributed by atoms with Crippen LogP contribution in [0, 0.1) is 0 Å². The number of piperidine rings is 1. The first kappa shape index (κ1) is 28.9. The lowest BCUT2D eigenvalue weighted by Gasteiger charge is -2.40. The molecule has 0 radical (unpaired) electrons. The van der Waals surface area contributed by atoms with Crippen molar-refractivity contribution in [2.75, 3.05) is 45.9 Å². The number of carbonyl (C=O) groups excluding carboxylic acids is 2. The minimum atomic E-state index is -0.702. The number of nitrogens with zero attached hydrogens (tertiary/aromatic N) is 2. The number of esters is 1. The van der Waals surface area contributed by atoms with E-state index in [1.54, 1.807) is 0 Å². The molecule has 0 atom stereocenters. The Balaban J connectivity index is 1.30. The molecule has 0 unspecified atom stereocenters. The van der Waals surface area contributed by atoms with E-state index in [9.17, 15) is 9.59 Å². The van der Waals surface area contributed by atoms with Crippen LogP contribution < -0.4 is 4.74 Å². The third kappa shape index (κ3) is 6.82. The molecule has 0 bridgehead atoms. The van der Waals surface area contributed by atoms with Crippen molar-refractivity contribution < 1.29 is 19.1 Å². The molecule has 2 fully saturated rings. The van der Waals surface area contributed by atoms with Crippen LogP contribution in [0.25, 0.3) is 0 Å². The second-order valence-corrected chi connectivity index (χ2v) is 11.2. The van der Waals surface area contributed by atoms with Crippen molar-refractivity contribution in [3.63, 3.8) is 0 Å². The number of para-hydroxylation sites is 1. The van der Waals surface area contributed by atoms with Gasteiger partial charge < -0.3 is 19.3 Å². The molecular formula is C35H42N2O4. The van der Waals surface area contributed by atoms with Crippen molar-refractivity contribution in [2.24, 2.45) is 0 Å². The van der Waals surface area contributed by atoms with Crippen LogP contribution in [0.3, 0.4) is 0 Å². The molecule has 2 aliphatic heterocycles. The van der Waals surface area contributed by atoms with Gasteiger partial charge in [-0.15, -0.1) is 0 Å². The van der Waals surface area contributed by atoms with Crippen LogP contribution in [0.1, 0.15) is 61.6 Å². The minimum absolute atomic E-state index is 0.238. The number of likely N-dealkylation sites (tertiary alicyclic amines) is 2. The summed E-state index contributed by atoms with van der Waals surface area (Å²) in [6.07, 6.45) is 4.97. The third-order valence-corrected chi connectivity index (χ3v) is 8.69. The molecule has 3 aromatic carbocycles. The van der Waals surface area contributed by atoms with Crippen molar-refractivity contribution in [3.8, 4) is 5.75 Å². The van der Waals surface area contributed by atoms with Gasteiger partial charge in [-0.1, -0.05) is 78.9 Å². The highest BCUT2D eigenvalue weighted by Gasteiger charge is 2.45. The second-order valence-electron chi connectivity index (χ2n) is 11.2. The Morgan fingerprint density at radius 1 is 0.780 bits per heavy atom. The second kappa shape index (κ2) is 13.8. The molecule has 0 N–H and O–H groups in total. The molecule has 0 aliphatic carbocycles. The highest BCUT2D eigenvalue weighted by molar-refractivity contribution is 5.92. The van der Waals surface area contributed by atoms with Crippen molar-refractivity contribution in [1.29, 1.82) is 0 Å². The van der Waals surface area contributed by atoms with Gasteiger partial charge in [-0.25, -0.2) is 0 Å². The molecule has 2 saturated heterocycles. The van der Waals surface area contributed by atoms with E-state index in [1.807, 2.05) is 24.3 Å². The molecule has 0 saturated carbocycles. The van der Waals surface area contributed by atoms with Crippen LogP contribution in [-0.2, 0) is 19.7 Å². The lowest BCUT2D eigenvalue weighted by molar-refractivity contribution is -0.141. The molecule has 6 heteroatoms. The summed E-state index contributed by atoms with van der Waals surface area (Å²) in [5, 5.41) is 0. The van der Waals surface area contributed by atoms with Crippen molar-refractivity contribution in [3.05, 3.63) is 102 Å². The maximum Gasteiger partial charge on any atom is 0.302 e. The van der Waals surface area contributed by atoms with E-state index in [2.05, 4.69) is 70.5 Å². The van der Waals surface area contributed by atoms with Gasteiger partial charge in [0.25, 0.3) is 0 Å². The van der Waals surface area contributed by atoms with Gasteiger partial charge >= 0.3 is 5.97 Å². The first-order chi connectivity index (χ1) is 20.1. The maximum absolute atomic E-state index is 14.4. The Morgan fingerprint density at radius 3 is 1.98 bits per heavy atom. The molecule has 216 valence electrons. The highest BCUT2D eigenvalue weighted by Crippen LogP contribution is 2.40. The fraction of sp³-hybridized carbons (Fsp3) is 0.429. The average molecular weight is 555 g/mol. The van der Waals surface area contributed by atoms with Gasteiger partial charge in [-0.2, -0.15) is 0 Å². The van der Waals surface area contributed by atoms with Crippen LogP contribution >= 0.6 is 0 Å². The van der Waals surface area contributed by atoms with Gasteiger partial charge in [0.1, 0.15) is 24.4 Å². The van der Waals surface area contributed by atoms with Gasteiger partial charge in [0.15, 0.2) is 0 Å². The smallest absolute Gasteiger partial charge is 0.302 e. The first-order valence-electron chi connectivity index (χ1n) is 15.1. The Morgan fingerprint density at radius 2 is 1.37 bits per heavy atom. The fourth-order valence-electron chi connectivity index (χ4n) is 6.52. The largest absolute Gasteiger partial charge is 0.490 e. The van der Waals surface area contributed by atoms with E-state index >= 15 is 0 Å². The maximum atomic E-state index is 14.4. The van der Waals surface area contributed by atoms with Gasteiger partial charge in [-0.3, -0.25) is 9.59 Å². The van der Waals surface area contributed by atoms with Crippen LogP contribution in [0.15, 0.2) is 84.9 Å². The predicted molar refractivity (Wildman–Crippen MR) is 161 cm³/mol. The number of hydrogen-bond donors (Lipinski definition) is 0. The SMILES string of the molecule is CC(=O)OCCOc1ccccc1C1CCN(CCC(C(=O)N2CCCC2)(c2ccccc2)c2ccccc2)CC1. The molecule has 2 heterocycles. The Bertz CT molecular complexity index is 1230. The Kier molecular flexibility index (Phi) is 9.73. The molecule has 0 spiro atoms. The number of benzene rings is 3. The summed E-state index contributed by atoms with van der Waals surface area (Å²) in [4.78, 5) is 30.1. The number of hydrogen-bond acceptors (Lipinski definition) is 5. The zero-order valence-electron chi connectivity index (χ0n) is 24.2. The topological polar surface area (TPSA) is 59.1 Å². The zero-order chi connectivity index (χ0) is 28.5. The molecule has 3 aromatic rings. The fourth-order valence-corrected chi connectivity index (χ4v) is 6.52. The first-order valence-corrected chi connectivity index (χ1v) is 15.1. The number of amides is 1. The lowest BCUT2D eigenvalue weighted by Crippen LogP contribution is -2.49. The van der Waals surface area contributed by atoms with Crippen molar-refractivity contribution >= 4 is 11.9 Å². The molecule has 5 rings (SSSR count). The quantitative estimate of drug-likeness (QED) is 0.221. The monoisotopic (exact) mass is 554 g/mol. The molecule has 41 heavy (non-hydrogen) atoms. The third-order valence-electron chi connectivity index (χ3n) is 8.69. The highest BCUT2D eigenvalue weighted by atomic mass is 16.6. The van der Waals surface area contributed by atoms with E-state index in [0.29, 0.717) is 12.5 Å². The Hall–Kier alpha value is -3.64. The number of rotatable bonds is 11. The predicted octanol–water partition coefficient (Wildman–Crippen LogP) is 5.81. The summed E-state index contributed by atoms with van der Waals surface area (Å²) < 4.78 is 11.0. The van der Waals surface area contributed by atoms with E-state index in [0.717, 1.165) is 81.7 Å². The minimum Gasteiger partial charge on any atom is -0.490 e. The summed E-state index contributed by atoms with van der Waals surface area (Å²) >= 11 is 0. The molecule has 0 aromatic heterocycles. The Labute approximate surface area is 244 Å². The standard InChI is InChI=1S/C35H42N2O4/c1-28(38)40-26-27-41-33-17-9-8-16-32(33)29-18-23-36(24-19-29)25-20-35(30-12-4-2-5-13-30,31-14-6-3-7-15-31)34(39)37-21-10-11-22-37/h2-9,12-17,29H,10-11,18-27H2,1H3. The molecule has 1 amide bonds. The van der Waals surface area contributed by atoms with Crippen molar-refractivity contribution in [2.45, 2.75) is 50.4 Å². The van der Waals surface area contributed by atoms with E-state index in [4.69, 9.17) is 9.47 Å². The van der Waals surface area contributed by atoms with Crippen LogP contribution in [0.5, 0.6) is 5.75 Å². The van der Waals surface area contributed by atoms with E-state index in [1.165, 1.54) is 12.5 Å².